The van der Waals surface area contributed by atoms with E-state index in [0.29, 0.717) is 5.75 Å². The fraction of sp³-hybridized carbons (Fsp3) is 0.0556. The number of benzene rings is 2. The minimum Gasteiger partial charge on any atom is -0.423 e. The highest BCUT2D eigenvalue weighted by atomic mass is 16.5. The molecule has 20 heavy (non-hydrogen) atoms. The lowest BCUT2D eigenvalue weighted by atomic mass is 9.96. The first-order chi connectivity index (χ1) is 9.61. The normalized spacial score (nSPS) is 9.85. The van der Waals surface area contributed by atoms with Crippen molar-refractivity contribution in [3.05, 3.63) is 84.5 Å². The highest BCUT2D eigenvalue weighted by Gasteiger charge is 2.07. The molecule has 2 aromatic carbocycles. The molecule has 0 saturated heterocycles. The third-order valence-electron chi connectivity index (χ3n) is 3.03. The molecule has 0 unspecified atom stereocenters. The first-order valence-corrected chi connectivity index (χ1v) is 6.31. The summed E-state index contributed by atoms with van der Waals surface area (Å²) in [6, 6.07) is 15.5. The molecule has 0 heterocycles. The highest BCUT2D eigenvalue weighted by molar-refractivity contribution is 5.84. The van der Waals surface area contributed by atoms with Crippen LogP contribution in [0.1, 0.15) is 16.7 Å². The summed E-state index contributed by atoms with van der Waals surface area (Å²) < 4.78 is 5.10. The van der Waals surface area contributed by atoms with E-state index in [2.05, 4.69) is 13.2 Å². The van der Waals surface area contributed by atoms with Gasteiger partial charge in [0.1, 0.15) is 5.75 Å². The van der Waals surface area contributed by atoms with Crippen molar-refractivity contribution in [2.75, 3.05) is 0 Å². The number of carbonyl (C=O) groups is 1. The molecule has 0 saturated carbocycles. The van der Waals surface area contributed by atoms with Crippen LogP contribution < -0.4 is 4.74 Å². The van der Waals surface area contributed by atoms with Crippen LogP contribution >= 0.6 is 0 Å². The molecule has 0 bridgehead atoms. The van der Waals surface area contributed by atoms with Gasteiger partial charge in [-0.2, -0.15) is 0 Å². The van der Waals surface area contributed by atoms with Crippen LogP contribution in [0.25, 0.3) is 5.57 Å². The SMILES string of the molecule is C=CC(=O)Oc1ccc(C(=C)c2ccccc2)c(C)c1. The van der Waals surface area contributed by atoms with Crippen molar-refractivity contribution < 1.29 is 9.53 Å². The molecule has 0 aliphatic carbocycles. The summed E-state index contributed by atoms with van der Waals surface area (Å²) in [5, 5.41) is 0. The minimum atomic E-state index is -0.459. The van der Waals surface area contributed by atoms with E-state index in [1.807, 2.05) is 49.4 Å². The second kappa shape index (κ2) is 6.02. The predicted octanol–water partition coefficient (Wildman–Crippen LogP) is 4.15. The second-order valence-electron chi connectivity index (χ2n) is 4.45. The van der Waals surface area contributed by atoms with Gasteiger partial charge < -0.3 is 4.74 Å². The number of hydrogen-bond donors (Lipinski definition) is 0. The minimum absolute atomic E-state index is 0.459. The molecule has 0 spiro atoms. The monoisotopic (exact) mass is 264 g/mol. The Labute approximate surface area is 119 Å². The molecule has 0 N–H and O–H groups in total. The zero-order valence-electron chi connectivity index (χ0n) is 11.4. The van der Waals surface area contributed by atoms with Gasteiger partial charge in [-0.25, -0.2) is 4.79 Å². The Bertz CT molecular complexity index is 654. The van der Waals surface area contributed by atoms with Gasteiger partial charge in [0.25, 0.3) is 0 Å². The lowest BCUT2D eigenvalue weighted by molar-refractivity contribution is -0.128. The Morgan fingerprint density at radius 1 is 1.15 bits per heavy atom. The molecular weight excluding hydrogens is 248 g/mol. The summed E-state index contributed by atoms with van der Waals surface area (Å²) in [5.74, 6) is 0.0519. The zero-order chi connectivity index (χ0) is 14.5. The van der Waals surface area contributed by atoms with Crippen LogP contribution in [0.2, 0.25) is 0 Å². The number of hydrogen-bond acceptors (Lipinski definition) is 2. The Morgan fingerprint density at radius 2 is 1.85 bits per heavy atom. The standard InChI is InChI=1S/C18H16O2/c1-4-18(19)20-16-10-11-17(13(2)12-16)14(3)15-8-6-5-7-9-15/h4-12H,1,3H2,2H3. The van der Waals surface area contributed by atoms with Gasteiger partial charge in [-0.3, -0.25) is 0 Å². The Morgan fingerprint density at radius 3 is 2.45 bits per heavy atom. The predicted molar refractivity (Wildman–Crippen MR) is 81.6 cm³/mol. The molecule has 2 heteroatoms. The van der Waals surface area contributed by atoms with E-state index in [4.69, 9.17) is 4.74 Å². The zero-order valence-corrected chi connectivity index (χ0v) is 11.4. The lowest BCUT2D eigenvalue weighted by Crippen LogP contribution is -2.03. The van der Waals surface area contributed by atoms with E-state index in [1.54, 1.807) is 6.07 Å². The average Bonchev–Trinajstić information content (AvgIpc) is 2.47. The van der Waals surface area contributed by atoms with E-state index in [-0.39, 0.29) is 0 Å². The molecule has 2 rings (SSSR count). The number of aryl methyl sites for hydroxylation is 1. The summed E-state index contributed by atoms with van der Waals surface area (Å²) in [4.78, 5) is 11.2. The van der Waals surface area contributed by atoms with Gasteiger partial charge in [0.2, 0.25) is 0 Å². The molecular formula is C18H16O2. The maximum Gasteiger partial charge on any atom is 0.335 e. The number of rotatable bonds is 4. The largest absolute Gasteiger partial charge is 0.423 e. The van der Waals surface area contributed by atoms with Crippen LogP contribution in [0.5, 0.6) is 5.75 Å². The van der Waals surface area contributed by atoms with E-state index >= 15 is 0 Å². The molecule has 0 radical (unpaired) electrons. The highest BCUT2D eigenvalue weighted by Crippen LogP contribution is 2.27. The maximum atomic E-state index is 11.2. The smallest absolute Gasteiger partial charge is 0.335 e. The van der Waals surface area contributed by atoms with Crippen LogP contribution in [0, 0.1) is 6.92 Å². The number of ether oxygens (including phenoxy) is 1. The van der Waals surface area contributed by atoms with E-state index in [0.717, 1.165) is 28.3 Å². The number of carbonyl (C=O) groups excluding carboxylic acids is 1. The summed E-state index contributed by atoms with van der Waals surface area (Å²) >= 11 is 0. The lowest BCUT2D eigenvalue weighted by Gasteiger charge is -2.11. The third-order valence-corrected chi connectivity index (χ3v) is 3.03. The first-order valence-electron chi connectivity index (χ1n) is 6.31. The van der Waals surface area contributed by atoms with Gasteiger partial charge in [0.15, 0.2) is 0 Å². The van der Waals surface area contributed by atoms with Crippen molar-refractivity contribution >= 4 is 11.5 Å². The van der Waals surface area contributed by atoms with Crippen molar-refractivity contribution in [2.45, 2.75) is 6.92 Å². The summed E-state index contributed by atoms with van der Waals surface area (Å²) in [6.45, 7) is 9.48. The quantitative estimate of drug-likeness (QED) is 0.471. The van der Waals surface area contributed by atoms with E-state index in [1.165, 1.54) is 0 Å². The van der Waals surface area contributed by atoms with Crippen molar-refractivity contribution in [3.63, 3.8) is 0 Å². The Kier molecular flexibility index (Phi) is 4.16. The molecule has 2 nitrogen and oxygen atoms in total. The molecule has 0 aliphatic rings. The van der Waals surface area contributed by atoms with Crippen molar-refractivity contribution in [1.82, 2.24) is 0 Å². The van der Waals surface area contributed by atoms with Gasteiger partial charge >= 0.3 is 5.97 Å². The molecule has 0 aliphatic heterocycles. The first kappa shape index (κ1) is 13.8. The van der Waals surface area contributed by atoms with E-state index < -0.39 is 5.97 Å². The molecule has 0 fully saturated rings. The van der Waals surface area contributed by atoms with Crippen LogP contribution in [0.15, 0.2) is 67.8 Å². The van der Waals surface area contributed by atoms with Gasteiger partial charge in [-0.05, 0) is 41.3 Å². The summed E-state index contributed by atoms with van der Waals surface area (Å²) in [5.41, 5.74) is 4.07. The van der Waals surface area contributed by atoms with Gasteiger partial charge in [-0.15, -0.1) is 0 Å². The molecule has 0 atom stereocenters. The maximum absolute atomic E-state index is 11.2. The average molecular weight is 264 g/mol. The number of esters is 1. The molecule has 2 aromatic rings. The van der Waals surface area contributed by atoms with Crippen molar-refractivity contribution in [1.29, 1.82) is 0 Å². The van der Waals surface area contributed by atoms with Crippen LogP contribution in [-0.4, -0.2) is 5.97 Å². The van der Waals surface area contributed by atoms with Gasteiger partial charge in [-0.1, -0.05) is 49.6 Å². The molecule has 0 aromatic heterocycles. The van der Waals surface area contributed by atoms with Crippen molar-refractivity contribution in [3.8, 4) is 5.75 Å². The topological polar surface area (TPSA) is 26.3 Å². The van der Waals surface area contributed by atoms with Crippen LogP contribution in [0.4, 0.5) is 0 Å². The second-order valence-corrected chi connectivity index (χ2v) is 4.45. The fourth-order valence-corrected chi connectivity index (χ4v) is 1.99. The van der Waals surface area contributed by atoms with Gasteiger partial charge in [0.05, 0.1) is 0 Å². The molecule has 0 amide bonds. The summed E-state index contributed by atoms with van der Waals surface area (Å²) in [6.07, 6.45) is 1.14. The van der Waals surface area contributed by atoms with Gasteiger partial charge in [0, 0.05) is 6.08 Å². The molecule has 100 valence electrons. The van der Waals surface area contributed by atoms with Crippen molar-refractivity contribution in [2.24, 2.45) is 0 Å². The Hall–Kier alpha value is -2.61. The van der Waals surface area contributed by atoms with Crippen LogP contribution in [-0.2, 0) is 4.79 Å². The Balaban J connectivity index is 2.28. The van der Waals surface area contributed by atoms with Crippen LogP contribution in [0.3, 0.4) is 0 Å². The summed E-state index contributed by atoms with van der Waals surface area (Å²) in [7, 11) is 0. The van der Waals surface area contributed by atoms with E-state index in [9.17, 15) is 4.79 Å². The fourth-order valence-electron chi connectivity index (χ4n) is 1.99. The third kappa shape index (κ3) is 3.04.